The smallest absolute Gasteiger partial charge is 0.258 e. The summed E-state index contributed by atoms with van der Waals surface area (Å²) in [6, 6.07) is 4.02. The van der Waals surface area contributed by atoms with Crippen LogP contribution in [0.1, 0.15) is 24.8 Å². The van der Waals surface area contributed by atoms with Gasteiger partial charge in [0.15, 0.2) is 0 Å². The van der Waals surface area contributed by atoms with E-state index in [-0.39, 0.29) is 40.2 Å². The highest BCUT2D eigenvalue weighted by atomic mass is 35.5. The van der Waals surface area contributed by atoms with E-state index in [1.807, 2.05) is 6.07 Å². The number of nitro benzene ring substituents is 1. The minimum atomic E-state index is -3.91. The van der Waals surface area contributed by atoms with Crippen molar-refractivity contribution in [2.24, 2.45) is 0 Å². The maximum Gasteiger partial charge on any atom is 0.275 e. The summed E-state index contributed by atoms with van der Waals surface area (Å²) in [7, 11) is -3.91. The molecule has 0 spiro atoms. The third-order valence-electron chi connectivity index (χ3n) is 3.49. The zero-order valence-corrected chi connectivity index (χ0v) is 13.4. The molecule has 1 aliphatic rings. The van der Waals surface area contributed by atoms with Gasteiger partial charge in [0, 0.05) is 30.6 Å². The summed E-state index contributed by atoms with van der Waals surface area (Å²) >= 11 is 5.93. The number of sulfonamides is 1. The lowest BCUT2D eigenvalue weighted by Crippen LogP contribution is -2.34. The van der Waals surface area contributed by atoms with Crippen molar-refractivity contribution in [2.75, 3.05) is 6.54 Å². The van der Waals surface area contributed by atoms with E-state index >= 15 is 0 Å². The van der Waals surface area contributed by atoms with Gasteiger partial charge in [0.25, 0.3) is 5.69 Å². The lowest BCUT2D eigenvalue weighted by molar-refractivity contribution is -0.385. The van der Waals surface area contributed by atoms with Crippen LogP contribution in [0.2, 0.25) is 5.02 Å². The van der Waals surface area contributed by atoms with E-state index in [0.29, 0.717) is 0 Å². The van der Waals surface area contributed by atoms with Crippen LogP contribution in [0.4, 0.5) is 5.69 Å². The topological polar surface area (TPSA) is 104 Å². The second kappa shape index (κ2) is 6.20. The Morgan fingerprint density at radius 2 is 2.14 bits per heavy atom. The average molecular weight is 344 g/mol. The highest BCUT2D eigenvalue weighted by Crippen LogP contribution is 2.35. The molecule has 0 radical (unpaired) electrons. The molecule has 1 aromatic rings. The third-order valence-corrected chi connectivity index (χ3v) is 5.81. The molecule has 0 saturated heterocycles. The van der Waals surface area contributed by atoms with E-state index in [0.717, 1.165) is 18.9 Å². The van der Waals surface area contributed by atoms with Crippen LogP contribution in [0.25, 0.3) is 0 Å². The number of rotatable bonds is 6. The zero-order chi connectivity index (χ0) is 16.5. The molecule has 2 rings (SSSR count). The monoisotopic (exact) mass is 343 g/mol. The Balaban J connectivity index is 2.48. The van der Waals surface area contributed by atoms with Gasteiger partial charge in [-0.25, -0.2) is 8.42 Å². The van der Waals surface area contributed by atoms with E-state index in [4.69, 9.17) is 16.9 Å². The van der Waals surface area contributed by atoms with Crippen LogP contribution in [0, 0.1) is 28.4 Å². The molecule has 0 atom stereocenters. The number of nitro groups is 1. The summed E-state index contributed by atoms with van der Waals surface area (Å²) in [6.45, 7) is 1.54. The fraction of sp³-hybridized carbons (Fsp3) is 0.462. The maximum absolute atomic E-state index is 12.7. The highest BCUT2D eigenvalue weighted by molar-refractivity contribution is 7.89. The molecule has 0 aromatic heterocycles. The molecule has 0 amide bonds. The van der Waals surface area contributed by atoms with Crippen molar-refractivity contribution in [3.8, 4) is 6.07 Å². The van der Waals surface area contributed by atoms with Gasteiger partial charge in [0.1, 0.15) is 0 Å². The molecular formula is C13H14ClN3O4S. The van der Waals surface area contributed by atoms with Crippen LogP contribution >= 0.6 is 11.6 Å². The molecule has 22 heavy (non-hydrogen) atoms. The number of hydrogen-bond acceptors (Lipinski definition) is 5. The third kappa shape index (κ3) is 3.21. The number of halogens is 1. The fourth-order valence-electron chi connectivity index (χ4n) is 2.14. The van der Waals surface area contributed by atoms with E-state index in [1.165, 1.54) is 17.3 Å². The van der Waals surface area contributed by atoms with E-state index in [1.54, 1.807) is 0 Å². The van der Waals surface area contributed by atoms with Crippen LogP contribution in [-0.2, 0) is 10.0 Å². The largest absolute Gasteiger partial charge is 0.275 e. The van der Waals surface area contributed by atoms with Gasteiger partial charge < -0.3 is 0 Å². The van der Waals surface area contributed by atoms with Gasteiger partial charge in [-0.3, -0.25) is 10.1 Å². The van der Waals surface area contributed by atoms with Gasteiger partial charge >= 0.3 is 0 Å². The van der Waals surface area contributed by atoms with Crippen LogP contribution in [0.15, 0.2) is 17.0 Å². The molecule has 0 N–H and O–H groups in total. The van der Waals surface area contributed by atoms with Crippen molar-refractivity contribution < 1.29 is 13.3 Å². The van der Waals surface area contributed by atoms with Gasteiger partial charge in [-0.1, -0.05) is 11.6 Å². The Hall–Kier alpha value is -1.69. The molecule has 1 saturated carbocycles. The van der Waals surface area contributed by atoms with Crippen LogP contribution in [0.3, 0.4) is 0 Å². The summed E-state index contributed by atoms with van der Waals surface area (Å²) < 4.78 is 26.6. The quantitative estimate of drug-likeness (QED) is 0.583. The Bertz CT molecular complexity index is 753. The second-order valence-corrected chi connectivity index (χ2v) is 7.36. The van der Waals surface area contributed by atoms with Crippen molar-refractivity contribution in [3.63, 3.8) is 0 Å². The van der Waals surface area contributed by atoms with Crippen LogP contribution < -0.4 is 0 Å². The first-order valence-electron chi connectivity index (χ1n) is 6.62. The Kier molecular flexibility index (Phi) is 4.70. The van der Waals surface area contributed by atoms with Gasteiger partial charge in [0.05, 0.1) is 20.9 Å². The van der Waals surface area contributed by atoms with Crippen molar-refractivity contribution in [2.45, 2.75) is 37.1 Å². The summed E-state index contributed by atoms with van der Waals surface area (Å²) in [5, 5.41) is 19.7. The molecule has 0 aliphatic heterocycles. The van der Waals surface area contributed by atoms with Crippen molar-refractivity contribution in [1.29, 1.82) is 5.26 Å². The Labute approximate surface area is 133 Å². The average Bonchev–Trinajstić information content (AvgIpc) is 3.26. The van der Waals surface area contributed by atoms with E-state index < -0.39 is 14.9 Å². The van der Waals surface area contributed by atoms with Gasteiger partial charge in [-0.15, -0.1) is 0 Å². The molecule has 7 nitrogen and oxygen atoms in total. The molecule has 0 heterocycles. The molecular weight excluding hydrogens is 330 g/mol. The minimum absolute atomic E-state index is 0.0313. The summed E-state index contributed by atoms with van der Waals surface area (Å²) in [5.41, 5.74) is -0.109. The Morgan fingerprint density at radius 3 is 2.64 bits per heavy atom. The van der Waals surface area contributed by atoms with Crippen molar-refractivity contribution in [1.82, 2.24) is 4.31 Å². The predicted octanol–water partition coefficient (Wildman–Crippen LogP) is 2.62. The number of benzene rings is 1. The SMILES string of the molecule is Cc1c(Cl)cc(S(=O)(=O)N(CCC#N)C2CC2)cc1[N+](=O)[O-]. The lowest BCUT2D eigenvalue weighted by atomic mass is 10.2. The normalized spacial score (nSPS) is 14.8. The van der Waals surface area contributed by atoms with Gasteiger partial charge in [-0.2, -0.15) is 9.57 Å². The van der Waals surface area contributed by atoms with Crippen molar-refractivity contribution >= 4 is 27.3 Å². The predicted molar refractivity (Wildman–Crippen MR) is 80.0 cm³/mol. The van der Waals surface area contributed by atoms with E-state index in [9.17, 15) is 18.5 Å². The molecule has 1 aromatic carbocycles. The van der Waals surface area contributed by atoms with Gasteiger partial charge in [-0.05, 0) is 25.8 Å². The summed E-state index contributed by atoms with van der Waals surface area (Å²) in [4.78, 5) is 10.2. The molecule has 1 aliphatic carbocycles. The lowest BCUT2D eigenvalue weighted by Gasteiger charge is -2.21. The standard InChI is InChI=1S/C13H14ClN3O4S/c1-9-12(14)7-11(8-13(9)17(18)19)22(20,21)16(6-2-5-15)10-3-4-10/h7-8,10H,2-4,6H2,1H3. The second-order valence-electron chi connectivity index (χ2n) is 5.06. The summed E-state index contributed by atoms with van der Waals surface area (Å²) in [6.07, 6.45) is 1.52. The van der Waals surface area contributed by atoms with Crippen molar-refractivity contribution in [3.05, 3.63) is 32.8 Å². The van der Waals surface area contributed by atoms with Crippen LogP contribution in [-0.4, -0.2) is 30.2 Å². The van der Waals surface area contributed by atoms with Gasteiger partial charge in [0.2, 0.25) is 10.0 Å². The molecule has 9 heteroatoms. The molecule has 1 fully saturated rings. The number of nitrogens with zero attached hydrogens (tertiary/aromatic N) is 3. The zero-order valence-electron chi connectivity index (χ0n) is 11.8. The first-order valence-corrected chi connectivity index (χ1v) is 8.44. The molecule has 0 unspecified atom stereocenters. The highest BCUT2D eigenvalue weighted by Gasteiger charge is 2.38. The minimum Gasteiger partial charge on any atom is -0.258 e. The first-order chi connectivity index (χ1) is 10.3. The van der Waals surface area contributed by atoms with Crippen LogP contribution in [0.5, 0.6) is 0 Å². The molecule has 0 bridgehead atoms. The summed E-state index contributed by atoms with van der Waals surface area (Å²) in [5.74, 6) is 0. The first kappa shape index (κ1) is 16.7. The molecule has 118 valence electrons. The maximum atomic E-state index is 12.7. The van der Waals surface area contributed by atoms with E-state index in [2.05, 4.69) is 0 Å². The fourth-order valence-corrected chi connectivity index (χ4v) is 4.15. The Morgan fingerprint density at radius 1 is 1.50 bits per heavy atom. The number of hydrogen-bond donors (Lipinski definition) is 0. The number of nitriles is 1.